The van der Waals surface area contributed by atoms with Crippen LogP contribution in [0.5, 0.6) is 5.75 Å². The van der Waals surface area contributed by atoms with E-state index in [2.05, 4.69) is 115 Å². The number of phenolic OH excluding ortho intramolecular Hbond substituents is 1. The van der Waals surface area contributed by atoms with Gasteiger partial charge in [0.15, 0.2) is 0 Å². The summed E-state index contributed by atoms with van der Waals surface area (Å²) in [5.74, 6) is 0.312. The zero-order valence-corrected chi connectivity index (χ0v) is 19.6. The van der Waals surface area contributed by atoms with Crippen molar-refractivity contribution in [3.8, 4) is 5.75 Å². The van der Waals surface area contributed by atoms with E-state index in [0.717, 1.165) is 11.1 Å². The fourth-order valence-electron chi connectivity index (χ4n) is 4.55. The summed E-state index contributed by atoms with van der Waals surface area (Å²) in [5, 5.41) is 10.8. The van der Waals surface area contributed by atoms with Gasteiger partial charge in [0.05, 0.1) is 10.00 Å². The minimum absolute atomic E-state index is 0.0944. The van der Waals surface area contributed by atoms with Gasteiger partial charge in [-0.15, -0.1) is 11.8 Å². The van der Waals surface area contributed by atoms with E-state index in [-0.39, 0.29) is 5.25 Å². The maximum absolute atomic E-state index is 10.9. The van der Waals surface area contributed by atoms with Gasteiger partial charge in [-0.3, -0.25) is 0 Å². The van der Waals surface area contributed by atoms with Crippen LogP contribution in [0.3, 0.4) is 0 Å². The maximum atomic E-state index is 10.9. The Kier molecular flexibility index (Phi) is 6.51. The van der Waals surface area contributed by atoms with E-state index >= 15 is 0 Å². The van der Waals surface area contributed by atoms with Gasteiger partial charge in [-0.25, -0.2) is 0 Å². The average Bonchev–Trinajstić information content (AvgIpc) is 2.92. The summed E-state index contributed by atoms with van der Waals surface area (Å²) in [4.78, 5) is 0. The first-order valence-corrected chi connectivity index (χ1v) is 12.3. The van der Waals surface area contributed by atoms with Gasteiger partial charge in [0.2, 0.25) is 0 Å². The molecule has 5 aromatic rings. The summed E-state index contributed by atoms with van der Waals surface area (Å²) in [7, 11) is 0. The van der Waals surface area contributed by atoms with E-state index in [1.807, 2.05) is 36.0 Å². The molecule has 0 bridgehead atoms. The lowest BCUT2D eigenvalue weighted by molar-refractivity contribution is 0.469. The highest BCUT2D eigenvalue weighted by Crippen LogP contribution is 2.56. The smallest absolute Gasteiger partial charge is 0.120 e. The highest BCUT2D eigenvalue weighted by atomic mass is 32.2. The number of para-hydroxylation sites is 1. The number of aromatic hydroxyl groups is 1. The molecule has 0 unspecified atom stereocenters. The molecule has 0 saturated carbocycles. The summed E-state index contributed by atoms with van der Waals surface area (Å²) < 4.78 is -0.493. The second-order valence-corrected chi connectivity index (χ2v) is 9.57. The van der Waals surface area contributed by atoms with Crippen LogP contribution in [-0.2, 0) is 4.75 Å². The van der Waals surface area contributed by atoms with Crippen LogP contribution in [0.4, 0.5) is 0 Å². The molecular weight excluding hydrogens is 432 g/mol. The number of hydrogen-bond donors (Lipinski definition) is 1. The van der Waals surface area contributed by atoms with Crippen LogP contribution in [0.15, 0.2) is 146 Å². The van der Waals surface area contributed by atoms with E-state index in [1.54, 1.807) is 6.07 Å². The molecule has 0 aliphatic carbocycles. The molecule has 5 aromatic carbocycles. The Balaban J connectivity index is 1.80. The van der Waals surface area contributed by atoms with Crippen molar-refractivity contribution < 1.29 is 5.11 Å². The topological polar surface area (TPSA) is 20.2 Å². The Morgan fingerprint density at radius 1 is 0.471 bits per heavy atom. The molecule has 0 fully saturated rings. The Morgan fingerprint density at radius 3 is 1.29 bits per heavy atom. The van der Waals surface area contributed by atoms with Gasteiger partial charge < -0.3 is 5.11 Å². The molecule has 1 nitrogen and oxygen atoms in total. The molecule has 0 aliphatic heterocycles. The maximum Gasteiger partial charge on any atom is 0.120 e. The zero-order chi connectivity index (χ0) is 23.2. The van der Waals surface area contributed by atoms with Crippen molar-refractivity contribution in [2.75, 3.05) is 0 Å². The largest absolute Gasteiger partial charge is 0.508 e. The molecule has 0 spiro atoms. The normalized spacial score (nSPS) is 12.2. The monoisotopic (exact) mass is 458 g/mol. The van der Waals surface area contributed by atoms with Gasteiger partial charge in [0, 0.05) is 5.56 Å². The van der Waals surface area contributed by atoms with Gasteiger partial charge >= 0.3 is 0 Å². The van der Waals surface area contributed by atoms with Crippen molar-refractivity contribution >= 4 is 11.8 Å². The first-order chi connectivity index (χ1) is 16.8. The van der Waals surface area contributed by atoms with Crippen LogP contribution in [0.1, 0.15) is 33.1 Å². The number of phenols is 1. The lowest BCUT2D eigenvalue weighted by Gasteiger charge is -2.38. The van der Waals surface area contributed by atoms with Crippen LogP contribution in [0.25, 0.3) is 0 Å². The van der Waals surface area contributed by atoms with E-state index in [4.69, 9.17) is 0 Å². The zero-order valence-electron chi connectivity index (χ0n) is 18.8. The molecule has 0 heterocycles. The van der Waals surface area contributed by atoms with Crippen molar-refractivity contribution in [3.05, 3.63) is 173 Å². The Morgan fingerprint density at radius 2 is 0.853 bits per heavy atom. The Bertz CT molecular complexity index is 1220. The standard InChI is InChI=1S/C32H26OS/c33-30-24-14-13-23-29(30)31(25-15-5-1-6-16-25)34-32(26-17-7-2-8-18-26,27-19-9-3-10-20-27)28-21-11-4-12-22-28/h1-24,31,33H/t31-/m1/s1. The van der Waals surface area contributed by atoms with Crippen LogP contribution < -0.4 is 0 Å². The SMILES string of the molecule is Oc1ccccc1[C@H](SC(c1ccccc1)(c1ccccc1)c1ccccc1)c1ccccc1. The van der Waals surface area contributed by atoms with Gasteiger partial charge in [0.25, 0.3) is 0 Å². The van der Waals surface area contributed by atoms with Crippen molar-refractivity contribution in [2.45, 2.75) is 10.00 Å². The van der Waals surface area contributed by atoms with Crippen molar-refractivity contribution in [2.24, 2.45) is 0 Å². The molecule has 34 heavy (non-hydrogen) atoms. The molecule has 0 saturated heterocycles. The molecule has 0 amide bonds. The summed E-state index contributed by atoms with van der Waals surface area (Å²) in [5.41, 5.74) is 5.67. The molecule has 166 valence electrons. The molecule has 0 aliphatic rings. The van der Waals surface area contributed by atoms with Gasteiger partial charge in [-0.1, -0.05) is 140 Å². The third-order valence-electron chi connectivity index (χ3n) is 6.16. The molecule has 2 heteroatoms. The summed E-state index contributed by atoms with van der Waals surface area (Å²) >= 11 is 1.86. The third-order valence-corrected chi connectivity index (χ3v) is 7.98. The second-order valence-electron chi connectivity index (χ2n) is 8.25. The minimum atomic E-state index is -0.493. The van der Waals surface area contributed by atoms with Crippen LogP contribution in [0.2, 0.25) is 0 Å². The number of benzene rings is 5. The van der Waals surface area contributed by atoms with Crippen LogP contribution >= 0.6 is 11.8 Å². The quantitative estimate of drug-likeness (QED) is 0.248. The first kappa shape index (κ1) is 22.1. The predicted octanol–water partition coefficient (Wildman–Crippen LogP) is 8.21. The van der Waals surface area contributed by atoms with Crippen LogP contribution in [-0.4, -0.2) is 5.11 Å². The lowest BCUT2D eigenvalue weighted by Crippen LogP contribution is -2.27. The van der Waals surface area contributed by atoms with Crippen molar-refractivity contribution in [1.29, 1.82) is 0 Å². The van der Waals surface area contributed by atoms with Crippen molar-refractivity contribution in [3.63, 3.8) is 0 Å². The summed E-state index contributed by atoms with van der Waals surface area (Å²) in [6, 6.07) is 50.2. The van der Waals surface area contributed by atoms with E-state index in [1.165, 1.54) is 16.7 Å². The summed E-state index contributed by atoms with van der Waals surface area (Å²) in [6.07, 6.45) is 0. The van der Waals surface area contributed by atoms with Crippen LogP contribution in [0, 0.1) is 0 Å². The molecule has 5 rings (SSSR count). The highest BCUT2D eigenvalue weighted by molar-refractivity contribution is 8.01. The first-order valence-electron chi connectivity index (χ1n) is 11.5. The average molecular weight is 459 g/mol. The molecule has 0 radical (unpaired) electrons. The number of rotatable bonds is 7. The minimum Gasteiger partial charge on any atom is -0.508 e. The fraction of sp³-hybridized carbons (Fsp3) is 0.0625. The van der Waals surface area contributed by atoms with E-state index in [0.29, 0.717) is 5.75 Å². The Labute approximate surface area is 205 Å². The van der Waals surface area contributed by atoms with Gasteiger partial charge in [0.1, 0.15) is 5.75 Å². The van der Waals surface area contributed by atoms with Gasteiger partial charge in [-0.05, 0) is 28.3 Å². The van der Waals surface area contributed by atoms with Gasteiger partial charge in [-0.2, -0.15) is 0 Å². The third kappa shape index (κ3) is 4.25. The molecular formula is C32H26OS. The van der Waals surface area contributed by atoms with E-state index < -0.39 is 4.75 Å². The highest BCUT2D eigenvalue weighted by Gasteiger charge is 2.40. The molecule has 0 aromatic heterocycles. The Hall–Kier alpha value is -3.75. The summed E-state index contributed by atoms with van der Waals surface area (Å²) in [6.45, 7) is 0. The lowest BCUT2D eigenvalue weighted by atomic mass is 9.84. The number of thioether (sulfide) groups is 1. The molecule has 1 atom stereocenters. The predicted molar refractivity (Wildman–Crippen MR) is 143 cm³/mol. The molecule has 1 N–H and O–H groups in total. The number of hydrogen-bond acceptors (Lipinski definition) is 2. The van der Waals surface area contributed by atoms with E-state index in [9.17, 15) is 5.11 Å². The second kappa shape index (κ2) is 10.0. The fourth-order valence-corrected chi connectivity index (χ4v) is 6.34. The van der Waals surface area contributed by atoms with Crippen molar-refractivity contribution in [1.82, 2.24) is 0 Å².